The van der Waals surface area contributed by atoms with Gasteiger partial charge in [0.2, 0.25) is 0 Å². The van der Waals surface area contributed by atoms with Crippen LogP contribution in [0.15, 0.2) is 6.07 Å². The lowest BCUT2D eigenvalue weighted by Gasteiger charge is -2.05. The molecule has 14 heavy (non-hydrogen) atoms. The van der Waals surface area contributed by atoms with E-state index in [0.717, 1.165) is 11.3 Å². The lowest BCUT2D eigenvalue weighted by molar-refractivity contribution is 0.0997. The van der Waals surface area contributed by atoms with Crippen molar-refractivity contribution >= 4 is 17.4 Å². The Hall–Kier alpha value is -1.40. The predicted molar refractivity (Wildman–Crippen MR) is 53.3 cm³/mol. The molecule has 0 saturated heterocycles. The Balaban J connectivity index is 3.22. The number of rotatable bonds is 2. The molecular formula is C10H9ClN2O. The van der Waals surface area contributed by atoms with Gasteiger partial charge < -0.3 is 0 Å². The quantitative estimate of drug-likeness (QED) is 0.554. The minimum Gasteiger partial charge on any atom is -0.293 e. The highest BCUT2D eigenvalue weighted by atomic mass is 35.5. The lowest BCUT2D eigenvalue weighted by Crippen LogP contribution is -2.04. The van der Waals surface area contributed by atoms with Crippen molar-refractivity contribution in [3.63, 3.8) is 0 Å². The number of carbonyl (C=O) groups is 1. The van der Waals surface area contributed by atoms with E-state index in [0.29, 0.717) is 5.56 Å². The first-order valence-corrected chi connectivity index (χ1v) is 4.48. The Morgan fingerprint density at radius 3 is 2.79 bits per heavy atom. The summed E-state index contributed by atoms with van der Waals surface area (Å²) in [5.74, 6) is -0.275. The van der Waals surface area contributed by atoms with Gasteiger partial charge >= 0.3 is 0 Å². The molecule has 0 aliphatic rings. The predicted octanol–water partition coefficient (Wildman–Crippen LogP) is 2.45. The third-order valence-corrected chi connectivity index (χ3v) is 2.09. The molecular weight excluding hydrogens is 200 g/mol. The number of halogens is 1. The zero-order chi connectivity index (χ0) is 10.7. The summed E-state index contributed by atoms with van der Waals surface area (Å²) in [4.78, 5) is 15.4. The van der Waals surface area contributed by atoms with Gasteiger partial charge in [0, 0.05) is 5.69 Å². The summed E-state index contributed by atoms with van der Waals surface area (Å²) in [7, 11) is 0. The fraction of sp³-hybridized carbons (Fsp3) is 0.300. The highest BCUT2D eigenvalue weighted by molar-refractivity contribution is 6.33. The molecule has 0 amide bonds. The van der Waals surface area contributed by atoms with Crippen LogP contribution in [0.5, 0.6) is 0 Å². The highest BCUT2D eigenvalue weighted by Gasteiger charge is 2.14. The minimum atomic E-state index is -0.275. The van der Waals surface area contributed by atoms with Crippen LogP contribution < -0.4 is 0 Å². The number of Topliss-reactive ketones (excluding diaryl/α,β-unsaturated/α-hetero) is 1. The summed E-state index contributed by atoms with van der Waals surface area (Å²) in [6.45, 7) is 3.59. The Bertz CT molecular complexity index is 398. The van der Waals surface area contributed by atoms with Crippen molar-refractivity contribution in [3.05, 3.63) is 28.0 Å². The maximum absolute atomic E-state index is 11.5. The number of aryl methyl sites for hydroxylation is 2. The van der Waals surface area contributed by atoms with E-state index in [9.17, 15) is 4.79 Å². The van der Waals surface area contributed by atoms with Crippen molar-refractivity contribution in [2.45, 2.75) is 20.3 Å². The van der Waals surface area contributed by atoms with E-state index in [1.807, 2.05) is 0 Å². The van der Waals surface area contributed by atoms with Gasteiger partial charge in [0.1, 0.15) is 5.15 Å². The molecule has 1 aromatic heterocycles. The zero-order valence-electron chi connectivity index (χ0n) is 7.97. The molecule has 0 fully saturated rings. The van der Waals surface area contributed by atoms with Crippen LogP contribution in [0, 0.1) is 25.2 Å². The van der Waals surface area contributed by atoms with E-state index in [2.05, 4.69) is 4.98 Å². The summed E-state index contributed by atoms with van der Waals surface area (Å²) in [5, 5.41) is 8.58. The van der Waals surface area contributed by atoms with Crippen molar-refractivity contribution in [2.75, 3.05) is 0 Å². The Labute approximate surface area is 87.3 Å². The van der Waals surface area contributed by atoms with Gasteiger partial charge in [-0.25, -0.2) is 4.98 Å². The summed E-state index contributed by atoms with van der Waals surface area (Å²) >= 11 is 5.82. The van der Waals surface area contributed by atoms with E-state index in [1.54, 1.807) is 26.0 Å². The Kier molecular flexibility index (Phi) is 3.21. The van der Waals surface area contributed by atoms with E-state index in [4.69, 9.17) is 16.9 Å². The summed E-state index contributed by atoms with van der Waals surface area (Å²) < 4.78 is 0. The second-order valence-electron chi connectivity index (χ2n) is 3.00. The molecule has 0 saturated carbocycles. The third-order valence-electron chi connectivity index (χ3n) is 1.82. The van der Waals surface area contributed by atoms with Crippen molar-refractivity contribution < 1.29 is 4.79 Å². The van der Waals surface area contributed by atoms with E-state index in [1.165, 1.54) is 0 Å². The molecule has 1 rings (SSSR count). The number of aromatic nitrogens is 1. The number of nitrogens with zero attached hydrogens (tertiary/aromatic N) is 2. The molecule has 3 nitrogen and oxygen atoms in total. The zero-order valence-corrected chi connectivity index (χ0v) is 8.72. The number of hydrogen-bond acceptors (Lipinski definition) is 3. The first-order chi connectivity index (χ1) is 6.56. The normalized spacial score (nSPS) is 9.57. The Morgan fingerprint density at radius 1 is 1.64 bits per heavy atom. The number of hydrogen-bond donors (Lipinski definition) is 0. The lowest BCUT2D eigenvalue weighted by atomic mass is 10.1. The highest BCUT2D eigenvalue weighted by Crippen LogP contribution is 2.20. The monoisotopic (exact) mass is 208 g/mol. The summed E-state index contributed by atoms with van der Waals surface area (Å²) in [6.07, 6.45) is -0.161. The van der Waals surface area contributed by atoms with Gasteiger partial charge in [-0.05, 0) is 25.5 Å². The minimum absolute atomic E-state index is 0.161. The maximum atomic E-state index is 11.5. The Morgan fingerprint density at radius 2 is 2.29 bits per heavy atom. The number of pyridine rings is 1. The molecule has 0 unspecified atom stereocenters. The van der Waals surface area contributed by atoms with Crippen LogP contribution in [-0.4, -0.2) is 10.8 Å². The average Bonchev–Trinajstić information content (AvgIpc) is 2.01. The number of ketones is 1. The molecule has 0 atom stereocenters. The average molecular weight is 209 g/mol. The molecule has 0 radical (unpaired) electrons. The molecule has 0 aliphatic carbocycles. The van der Waals surface area contributed by atoms with Crippen molar-refractivity contribution in [3.8, 4) is 6.07 Å². The van der Waals surface area contributed by atoms with Gasteiger partial charge in [0.15, 0.2) is 5.78 Å². The molecule has 72 valence electrons. The van der Waals surface area contributed by atoms with E-state index < -0.39 is 0 Å². The van der Waals surface area contributed by atoms with Crippen LogP contribution in [0.2, 0.25) is 5.15 Å². The molecule has 1 aromatic rings. The summed E-state index contributed by atoms with van der Waals surface area (Å²) in [6, 6.07) is 3.57. The summed E-state index contributed by atoms with van der Waals surface area (Å²) in [5.41, 5.74) is 1.89. The molecule has 0 aromatic carbocycles. The second-order valence-corrected chi connectivity index (χ2v) is 3.36. The van der Waals surface area contributed by atoms with Gasteiger partial charge in [-0.1, -0.05) is 11.6 Å². The fourth-order valence-electron chi connectivity index (χ4n) is 1.29. The number of carbonyl (C=O) groups excluding carboxylic acids is 1. The van der Waals surface area contributed by atoms with Crippen LogP contribution in [-0.2, 0) is 0 Å². The number of nitriles is 1. The standard InChI is InChI=1S/C10H9ClN2O/c1-6-5-7(2)13-10(11)9(6)8(14)3-4-12/h5H,3H2,1-2H3. The smallest absolute Gasteiger partial charge is 0.180 e. The van der Waals surface area contributed by atoms with E-state index in [-0.39, 0.29) is 17.4 Å². The van der Waals surface area contributed by atoms with E-state index >= 15 is 0 Å². The van der Waals surface area contributed by atoms with Crippen molar-refractivity contribution in [1.29, 1.82) is 5.26 Å². The molecule has 0 bridgehead atoms. The largest absolute Gasteiger partial charge is 0.293 e. The SMILES string of the molecule is Cc1cc(C)c(C(=O)CC#N)c(Cl)n1. The van der Waals surface area contributed by atoms with Crippen molar-refractivity contribution in [2.24, 2.45) is 0 Å². The molecule has 0 aliphatic heterocycles. The first kappa shape index (κ1) is 10.7. The van der Waals surface area contributed by atoms with Gasteiger partial charge in [-0.2, -0.15) is 5.26 Å². The van der Waals surface area contributed by atoms with Crippen LogP contribution in [0.25, 0.3) is 0 Å². The topological polar surface area (TPSA) is 53.8 Å². The van der Waals surface area contributed by atoms with Gasteiger partial charge in [-0.3, -0.25) is 4.79 Å². The van der Waals surface area contributed by atoms with Crippen LogP contribution >= 0.6 is 11.6 Å². The molecule has 4 heteroatoms. The van der Waals surface area contributed by atoms with Gasteiger partial charge in [-0.15, -0.1) is 0 Å². The molecule has 0 spiro atoms. The first-order valence-electron chi connectivity index (χ1n) is 4.10. The molecule has 0 N–H and O–H groups in total. The fourth-order valence-corrected chi connectivity index (χ4v) is 1.67. The van der Waals surface area contributed by atoms with Crippen LogP contribution in [0.1, 0.15) is 28.0 Å². The van der Waals surface area contributed by atoms with Gasteiger partial charge in [0.25, 0.3) is 0 Å². The molecule has 1 heterocycles. The third kappa shape index (κ3) is 2.09. The van der Waals surface area contributed by atoms with Crippen molar-refractivity contribution in [1.82, 2.24) is 4.98 Å². The second kappa shape index (κ2) is 4.21. The maximum Gasteiger partial charge on any atom is 0.180 e. The van der Waals surface area contributed by atoms with Gasteiger partial charge in [0.05, 0.1) is 18.1 Å². The van der Waals surface area contributed by atoms with Crippen LogP contribution in [0.3, 0.4) is 0 Å². The van der Waals surface area contributed by atoms with Crippen LogP contribution in [0.4, 0.5) is 0 Å².